The quantitative estimate of drug-likeness (QED) is 0.418. The molecule has 37 heavy (non-hydrogen) atoms. The number of esters is 1. The van der Waals surface area contributed by atoms with Crippen LogP contribution in [-0.2, 0) is 23.8 Å². The first-order chi connectivity index (χ1) is 17.7. The van der Waals surface area contributed by atoms with Crippen LogP contribution in [0.4, 0.5) is 0 Å². The number of ketones is 1. The van der Waals surface area contributed by atoms with Crippen LogP contribution in [0.25, 0.3) is 0 Å². The average Bonchev–Trinajstić information content (AvgIpc) is 2.83. The SMILES string of the molecule is CCOC(=O)C1C(C(OC)OC)=NC2=C(C(=O)CC(c3c(C)cc(C)cc3C)C2)C1c1cccc(O)c1. The van der Waals surface area contributed by atoms with Gasteiger partial charge in [-0.1, -0.05) is 29.8 Å². The zero-order chi connectivity index (χ0) is 26.9. The first-order valence-corrected chi connectivity index (χ1v) is 12.6. The maximum absolute atomic E-state index is 13.9. The number of benzene rings is 2. The number of Topliss-reactive ketones (excluding diaryl/α,β-unsaturated/α-hetero) is 1. The van der Waals surface area contributed by atoms with Gasteiger partial charge in [0.05, 0.1) is 12.3 Å². The Labute approximate surface area is 218 Å². The molecule has 0 aromatic heterocycles. The van der Waals surface area contributed by atoms with E-state index in [2.05, 4.69) is 32.9 Å². The normalized spacial score (nSPS) is 21.6. The predicted octanol–water partition coefficient (Wildman–Crippen LogP) is 5.05. The van der Waals surface area contributed by atoms with Gasteiger partial charge in [-0.05, 0) is 74.4 Å². The number of aliphatic imine (C=N–C) groups is 1. The maximum atomic E-state index is 13.9. The molecule has 2 aromatic carbocycles. The first-order valence-electron chi connectivity index (χ1n) is 12.6. The van der Waals surface area contributed by atoms with Gasteiger partial charge >= 0.3 is 5.97 Å². The molecular formula is C30H35NO6. The van der Waals surface area contributed by atoms with Crippen LogP contribution in [0.3, 0.4) is 0 Å². The first kappa shape index (κ1) is 26.8. The van der Waals surface area contributed by atoms with E-state index < -0.39 is 24.1 Å². The Kier molecular flexibility index (Phi) is 7.95. The Balaban J connectivity index is 1.92. The minimum absolute atomic E-state index is 0.0376. The zero-order valence-corrected chi connectivity index (χ0v) is 22.3. The lowest BCUT2D eigenvalue weighted by molar-refractivity contribution is -0.147. The molecule has 4 rings (SSSR count). The maximum Gasteiger partial charge on any atom is 0.315 e. The number of carbonyl (C=O) groups is 2. The topological polar surface area (TPSA) is 94.4 Å². The fourth-order valence-electron chi connectivity index (χ4n) is 6.07. The van der Waals surface area contributed by atoms with Gasteiger partial charge in [-0.25, -0.2) is 0 Å². The molecule has 7 heteroatoms. The third-order valence-electron chi connectivity index (χ3n) is 7.30. The van der Waals surface area contributed by atoms with Crippen LogP contribution in [0.15, 0.2) is 52.7 Å². The molecule has 7 nitrogen and oxygen atoms in total. The van der Waals surface area contributed by atoms with Crippen molar-refractivity contribution in [3.63, 3.8) is 0 Å². The summed E-state index contributed by atoms with van der Waals surface area (Å²) in [7, 11) is 2.97. The van der Waals surface area contributed by atoms with E-state index in [9.17, 15) is 14.7 Å². The molecule has 3 atom stereocenters. The molecular weight excluding hydrogens is 470 g/mol. The summed E-state index contributed by atoms with van der Waals surface area (Å²) in [5, 5.41) is 10.3. The lowest BCUT2D eigenvalue weighted by Crippen LogP contribution is -2.44. The van der Waals surface area contributed by atoms with Crippen molar-refractivity contribution in [1.82, 2.24) is 0 Å². The average molecular weight is 506 g/mol. The Bertz CT molecular complexity index is 1250. The highest BCUT2D eigenvalue weighted by atomic mass is 16.7. The van der Waals surface area contributed by atoms with Crippen molar-refractivity contribution < 1.29 is 28.9 Å². The highest BCUT2D eigenvalue weighted by Crippen LogP contribution is 2.48. The second-order valence-electron chi connectivity index (χ2n) is 9.84. The monoisotopic (exact) mass is 505 g/mol. The number of aromatic hydroxyl groups is 1. The second-order valence-corrected chi connectivity index (χ2v) is 9.84. The van der Waals surface area contributed by atoms with Gasteiger partial charge in [-0.3, -0.25) is 14.6 Å². The Morgan fingerprint density at radius 3 is 2.35 bits per heavy atom. The summed E-state index contributed by atoms with van der Waals surface area (Å²) >= 11 is 0. The highest BCUT2D eigenvalue weighted by molar-refractivity contribution is 6.11. The molecule has 1 aliphatic heterocycles. The highest BCUT2D eigenvalue weighted by Gasteiger charge is 2.48. The van der Waals surface area contributed by atoms with Crippen LogP contribution in [0.1, 0.15) is 59.4 Å². The van der Waals surface area contributed by atoms with E-state index in [1.165, 1.54) is 25.3 Å². The molecule has 1 N–H and O–H groups in total. The summed E-state index contributed by atoms with van der Waals surface area (Å²) in [5.74, 6) is -2.18. The van der Waals surface area contributed by atoms with E-state index >= 15 is 0 Å². The number of ether oxygens (including phenoxy) is 3. The molecule has 1 aliphatic carbocycles. The number of methoxy groups -OCH3 is 2. The molecule has 0 amide bonds. The van der Waals surface area contributed by atoms with Gasteiger partial charge in [-0.15, -0.1) is 0 Å². The van der Waals surface area contributed by atoms with Crippen molar-refractivity contribution in [3.05, 3.63) is 75.5 Å². The number of carbonyl (C=O) groups excluding carboxylic acids is 2. The minimum atomic E-state index is -0.936. The standard InChI is InChI=1S/C30H35NO6/c1-7-37-29(34)27-25(19-9-8-10-21(32)13-19)26-22(31-28(27)30(35-5)36-6)14-20(15-23(26)33)24-17(3)11-16(2)12-18(24)4/h8-13,20,25,27,30,32H,7,14-15H2,1-6H3. The smallest absolute Gasteiger partial charge is 0.315 e. The van der Waals surface area contributed by atoms with Gasteiger partial charge in [0.1, 0.15) is 11.7 Å². The molecule has 0 fully saturated rings. The van der Waals surface area contributed by atoms with Crippen molar-refractivity contribution in [2.45, 2.75) is 58.7 Å². The summed E-state index contributed by atoms with van der Waals surface area (Å²) in [4.78, 5) is 32.2. The van der Waals surface area contributed by atoms with Crippen molar-refractivity contribution in [2.75, 3.05) is 20.8 Å². The molecule has 1 heterocycles. The van der Waals surface area contributed by atoms with E-state index in [-0.39, 0.29) is 24.1 Å². The van der Waals surface area contributed by atoms with Crippen molar-refractivity contribution >= 4 is 17.5 Å². The van der Waals surface area contributed by atoms with Gasteiger partial charge in [0.15, 0.2) is 12.1 Å². The Morgan fingerprint density at radius 1 is 1.08 bits per heavy atom. The van der Waals surface area contributed by atoms with E-state index in [1.54, 1.807) is 25.1 Å². The van der Waals surface area contributed by atoms with E-state index in [1.807, 2.05) is 6.07 Å². The third kappa shape index (κ3) is 5.11. The van der Waals surface area contributed by atoms with Crippen LogP contribution < -0.4 is 0 Å². The number of phenols is 1. The van der Waals surface area contributed by atoms with E-state index in [0.717, 1.165) is 11.1 Å². The lowest BCUT2D eigenvalue weighted by Gasteiger charge is -2.38. The van der Waals surface area contributed by atoms with Crippen LogP contribution in [-0.4, -0.2) is 49.7 Å². The Morgan fingerprint density at radius 2 is 1.76 bits per heavy atom. The number of rotatable bonds is 7. The molecule has 2 aromatic rings. The summed E-state index contributed by atoms with van der Waals surface area (Å²) < 4.78 is 16.6. The number of hydrogen-bond donors (Lipinski definition) is 1. The van der Waals surface area contributed by atoms with Gasteiger partial charge in [-0.2, -0.15) is 0 Å². The predicted molar refractivity (Wildman–Crippen MR) is 141 cm³/mol. The number of hydrogen-bond acceptors (Lipinski definition) is 7. The molecule has 2 aliphatic rings. The number of aryl methyl sites for hydroxylation is 3. The zero-order valence-electron chi connectivity index (χ0n) is 22.3. The molecule has 0 spiro atoms. The van der Waals surface area contributed by atoms with Gasteiger partial charge in [0, 0.05) is 37.8 Å². The van der Waals surface area contributed by atoms with Crippen molar-refractivity contribution in [3.8, 4) is 5.75 Å². The summed E-state index contributed by atoms with van der Waals surface area (Å²) in [6.07, 6.45) is -0.0426. The van der Waals surface area contributed by atoms with Gasteiger partial charge < -0.3 is 19.3 Å². The number of allylic oxidation sites excluding steroid dienone is 2. The Hall–Kier alpha value is -3.29. The number of phenolic OH excluding ortho intramolecular Hbond substituents is 1. The van der Waals surface area contributed by atoms with E-state index in [0.29, 0.717) is 35.4 Å². The summed E-state index contributed by atoms with van der Waals surface area (Å²) in [5.41, 5.74) is 6.78. The molecule has 196 valence electrons. The van der Waals surface area contributed by atoms with Crippen LogP contribution in [0, 0.1) is 26.7 Å². The van der Waals surface area contributed by atoms with Gasteiger partial charge in [0.25, 0.3) is 0 Å². The van der Waals surface area contributed by atoms with Crippen LogP contribution in [0.2, 0.25) is 0 Å². The fourth-order valence-corrected chi connectivity index (χ4v) is 6.07. The summed E-state index contributed by atoms with van der Waals surface area (Å²) in [6, 6.07) is 11.0. The van der Waals surface area contributed by atoms with Crippen LogP contribution >= 0.6 is 0 Å². The third-order valence-corrected chi connectivity index (χ3v) is 7.30. The minimum Gasteiger partial charge on any atom is -0.508 e. The molecule has 3 unspecified atom stereocenters. The largest absolute Gasteiger partial charge is 0.508 e. The van der Waals surface area contributed by atoms with Crippen LogP contribution in [0.5, 0.6) is 5.75 Å². The van der Waals surface area contributed by atoms with E-state index in [4.69, 9.17) is 19.2 Å². The molecule has 0 bridgehead atoms. The fraction of sp³-hybridized carbons (Fsp3) is 0.433. The lowest BCUT2D eigenvalue weighted by atomic mass is 9.68. The molecule has 0 saturated heterocycles. The molecule has 0 saturated carbocycles. The molecule has 0 radical (unpaired) electrons. The second kappa shape index (κ2) is 11.0. The number of nitrogens with zero attached hydrogens (tertiary/aromatic N) is 1. The van der Waals surface area contributed by atoms with Crippen molar-refractivity contribution in [2.24, 2.45) is 10.9 Å². The summed E-state index contributed by atoms with van der Waals surface area (Å²) in [6.45, 7) is 8.14. The van der Waals surface area contributed by atoms with Crippen molar-refractivity contribution in [1.29, 1.82) is 0 Å². The van der Waals surface area contributed by atoms with Gasteiger partial charge in [0.2, 0.25) is 0 Å².